The van der Waals surface area contributed by atoms with Crippen LogP contribution >= 0.6 is 11.8 Å². The lowest BCUT2D eigenvalue weighted by atomic mass is 10.1. The fraction of sp³-hybridized carbons (Fsp3) is 0.500. The van der Waals surface area contributed by atoms with Gasteiger partial charge in [0.25, 0.3) is 0 Å². The molecule has 0 atom stereocenters. The first-order chi connectivity index (χ1) is 8.08. The molecule has 18 heavy (non-hydrogen) atoms. The van der Waals surface area contributed by atoms with Crippen molar-refractivity contribution < 1.29 is 4.79 Å². The van der Waals surface area contributed by atoms with Crippen molar-refractivity contribution in [1.29, 1.82) is 0 Å². The molecule has 0 saturated carbocycles. The highest BCUT2D eigenvalue weighted by Crippen LogP contribution is 2.32. The molecule has 0 heterocycles. The zero-order valence-corrected chi connectivity index (χ0v) is 12.5. The normalized spacial score (nSPS) is 12.3. The van der Waals surface area contributed by atoms with Crippen LogP contribution in [-0.4, -0.2) is 16.2 Å². The van der Waals surface area contributed by atoms with Gasteiger partial charge in [-0.2, -0.15) is 0 Å². The van der Waals surface area contributed by atoms with Gasteiger partial charge in [-0.1, -0.05) is 20.8 Å². The van der Waals surface area contributed by atoms with Crippen LogP contribution in [0.5, 0.6) is 0 Å². The van der Waals surface area contributed by atoms with Crippen LogP contribution in [0.25, 0.3) is 0 Å². The van der Waals surface area contributed by atoms with Gasteiger partial charge in [-0.15, -0.1) is 11.8 Å². The molecule has 1 aromatic carbocycles. The van der Waals surface area contributed by atoms with E-state index >= 15 is 0 Å². The number of hydrogen-bond donors (Lipinski definition) is 2. The Hall–Kier alpha value is -1.00. The molecule has 0 aromatic heterocycles. The predicted octanol–water partition coefficient (Wildman–Crippen LogP) is 3.25. The second kappa shape index (κ2) is 5.33. The van der Waals surface area contributed by atoms with Gasteiger partial charge in [0.05, 0.1) is 5.54 Å². The number of nitrogens with two attached hydrogens (primary N) is 1. The number of rotatable bonds is 3. The summed E-state index contributed by atoms with van der Waals surface area (Å²) in [5.41, 5.74) is 5.64. The zero-order valence-electron chi connectivity index (χ0n) is 11.7. The maximum absolute atomic E-state index is 11.7. The Morgan fingerprint density at radius 2 is 1.61 bits per heavy atom. The van der Waals surface area contributed by atoms with Crippen LogP contribution in [0.2, 0.25) is 0 Å². The van der Waals surface area contributed by atoms with E-state index in [0.29, 0.717) is 0 Å². The minimum absolute atomic E-state index is 0.182. The number of nitrogens with one attached hydrogen (secondary N) is 1. The zero-order chi connectivity index (χ0) is 14.0. The van der Waals surface area contributed by atoms with E-state index in [2.05, 4.69) is 26.1 Å². The summed E-state index contributed by atoms with van der Waals surface area (Å²) in [6.45, 7) is 9.89. The molecule has 4 heteroatoms. The van der Waals surface area contributed by atoms with E-state index in [1.165, 1.54) is 4.90 Å². The van der Waals surface area contributed by atoms with Crippen molar-refractivity contribution in [3.05, 3.63) is 24.3 Å². The minimum atomic E-state index is -0.862. The van der Waals surface area contributed by atoms with Gasteiger partial charge < -0.3 is 11.1 Å². The third-order valence-electron chi connectivity index (χ3n) is 2.12. The Balaban J connectivity index is 2.70. The van der Waals surface area contributed by atoms with Crippen molar-refractivity contribution in [3.63, 3.8) is 0 Å². The number of hydrogen-bond acceptors (Lipinski definition) is 3. The smallest absolute Gasteiger partial charge is 0.243 e. The summed E-state index contributed by atoms with van der Waals surface area (Å²) in [6.07, 6.45) is 0. The first-order valence-corrected chi connectivity index (χ1v) is 6.79. The maximum Gasteiger partial charge on any atom is 0.243 e. The molecule has 0 bridgehead atoms. The lowest BCUT2D eigenvalue weighted by Gasteiger charge is -2.19. The van der Waals surface area contributed by atoms with Gasteiger partial charge in [-0.05, 0) is 38.1 Å². The van der Waals surface area contributed by atoms with Crippen molar-refractivity contribution in [1.82, 2.24) is 0 Å². The van der Waals surface area contributed by atoms with Gasteiger partial charge in [0.15, 0.2) is 0 Å². The summed E-state index contributed by atoms with van der Waals surface area (Å²) < 4.78 is 0.185. The molecule has 1 rings (SSSR count). The van der Waals surface area contributed by atoms with Crippen molar-refractivity contribution >= 4 is 23.4 Å². The molecular formula is C14H22N2OS. The Bertz CT molecular complexity index is 413. The average Bonchev–Trinajstić information content (AvgIpc) is 2.17. The van der Waals surface area contributed by atoms with E-state index in [-0.39, 0.29) is 10.7 Å². The number of benzene rings is 1. The highest BCUT2D eigenvalue weighted by Gasteiger charge is 2.21. The predicted molar refractivity (Wildman–Crippen MR) is 78.9 cm³/mol. The molecule has 1 aromatic rings. The number of amides is 1. The number of carbonyl (C=O) groups is 1. The molecule has 0 aliphatic carbocycles. The van der Waals surface area contributed by atoms with E-state index in [0.717, 1.165) is 5.69 Å². The van der Waals surface area contributed by atoms with Crippen LogP contribution in [0.1, 0.15) is 34.6 Å². The largest absolute Gasteiger partial charge is 0.325 e. The lowest BCUT2D eigenvalue weighted by molar-refractivity contribution is -0.120. The van der Waals surface area contributed by atoms with Crippen molar-refractivity contribution in [3.8, 4) is 0 Å². The molecule has 3 nitrogen and oxygen atoms in total. The Morgan fingerprint density at radius 3 is 2.00 bits per heavy atom. The fourth-order valence-corrected chi connectivity index (χ4v) is 2.23. The highest BCUT2D eigenvalue weighted by molar-refractivity contribution is 8.00. The molecule has 0 unspecified atom stereocenters. The first-order valence-electron chi connectivity index (χ1n) is 5.97. The third-order valence-corrected chi connectivity index (χ3v) is 3.24. The van der Waals surface area contributed by atoms with Gasteiger partial charge in [-0.3, -0.25) is 4.79 Å². The molecule has 0 radical (unpaired) electrons. The lowest BCUT2D eigenvalue weighted by Crippen LogP contribution is -2.45. The number of thioether (sulfide) groups is 1. The Kier molecular flexibility index (Phi) is 4.46. The number of anilines is 1. The standard InChI is InChI=1S/C14H22N2OS/c1-13(2,3)18-11-8-6-10(7-9-11)16-12(17)14(4,5)15/h6-9H,15H2,1-5H3,(H,16,17). The second-order valence-electron chi connectivity index (χ2n) is 5.91. The van der Waals surface area contributed by atoms with E-state index in [1.54, 1.807) is 25.6 Å². The van der Waals surface area contributed by atoms with Crippen LogP contribution in [-0.2, 0) is 4.79 Å². The van der Waals surface area contributed by atoms with E-state index in [9.17, 15) is 4.79 Å². The van der Waals surface area contributed by atoms with E-state index < -0.39 is 5.54 Å². The summed E-state index contributed by atoms with van der Waals surface area (Å²) in [4.78, 5) is 12.9. The van der Waals surface area contributed by atoms with Gasteiger partial charge in [0.1, 0.15) is 0 Å². The molecule has 1 amide bonds. The monoisotopic (exact) mass is 266 g/mol. The van der Waals surface area contributed by atoms with Crippen LogP contribution < -0.4 is 11.1 Å². The minimum Gasteiger partial charge on any atom is -0.325 e. The van der Waals surface area contributed by atoms with Crippen LogP contribution in [0.3, 0.4) is 0 Å². The molecule has 100 valence electrons. The molecule has 0 saturated heterocycles. The van der Waals surface area contributed by atoms with E-state index in [4.69, 9.17) is 5.73 Å². The maximum atomic E-state index is 11.7. The summed E-state index contributed by atoms with van der Waals surface area (Å²) >= 11 is 1.80. The van der Waals surface area contributed by atoms with E-state index in [1.807, 2.05) is 24.3 Å². The Labute approximate surface area is 114 Å². The van der Waals surface area contributed by atoms with Crippen LogP contribution in [0.15, 0.2) is 29.2 Å². The second-order valence-corrected chi connectivity index (χ2v) is 7.81. The number of carbonyl (C=O) groups excluding carboxylic acids is 1. The molecular weight excluding hydrogens is 244 g/mol. The molecule has 3 N–H and O–H groups in total. The van der Waals surface area contributed by atoms with Crippen molar-refractivity contribution in [2.24, 2.45) is 5.73 Å². The molecule has 0 spiro atoms. The summed E-state index contributed by atoms with van der Waals surface area (Å²) in [7, 11) is 0. The van der Waals surface area contributed by atoms with Gasteiger partial charge in [0.2, 0.25) is 5.91 Å². The highest BCUT2D eigenvalue weighted by atomic mass is 32.2. The molecule has 0 fully saturated rings. The average molecular weight is 266 g/mol. The van der Waals surface area contributed by atoms with Crippen molar-refractivity contribution in [2.45, 2.75) is 49.8 Å². The SMILES string of the molecule is CC(C)(C)Sc1ccc(NC(=O)C(C)(C)N)cc1. The summed E-state index contributed by atoms with van der Waals surface area (Å²) in [5, 5.41) is 2.80. The van der Waals surface area contributed by atoms with Crippen molar-refractivity contribution in [2.75, 3.05) is 5.32 Å². The quantitative estimate of drug-likeness (QED) is 0.826. The molecule has 0 aliphatic rings. The van der Waals surface area contributed by atoms with Crippen LogP contribution in [0, 0.1) is 0 Å². The van der Waals surface area contributed by atoms with Gasteiger partial charge in [-0.25, -0.2) is 0 Å². The Morgan fingerprint density at radius 1 is 1.11 bits per heavy atom. The van der Waals surface area contributed by atoms with Gasteiger partial charge >= 0.3 is 0 Å². The fourth-order valence-electron chi connectivity index (χ4n) is 1.25. The summed E-state index contributed by atoms with van der Waals surface area (Å²) in [6, 6.07) is 7.82. The van der Waals surface area contributed by atoms with Gasteiger partial charge in [0, 0.05) is 15.3 Å². The third kappa shape index (κ3) is 5.10. The topological polar surface area (TPSA) is 55.1 Å². The first kappa shape index (κ1) is 15.1. The van der Waals surface area contributed by atoms with Crippen LogP contribution in [0.4, 0.5) is 5.69 Å². The summed E-state index contributed by atoms with van der Waals surface area (Å²) in [5.74, 6) is -0.182. The molecule has 0 aliphatic heterocycles.